The van der Waals surface area contributed by atoms with Gasteiger partial charge in [-0.3, -0.25) is 4.79 Å². The summed E-state index contributed by atoms with van der Waals surface area (Å²) in [6.45, 7) is 8.62. The molecule has 0 bridgehead atoms. The Bertz CT molecular complexity index is 1370. The molecule has 0 spiro atoms. The molecule has 8 nitrogen and oxygen atoms in total. The highest BCUT2D eigenvalue weighted by Gasteiger charge is 2.17. The second kappa shape index (κ2) is 11.4. The number of hydrogen-bond acceptors (Lipinski definition) is 6. The lowest BCUT2D eigenvalue weighted by Gasteiger charge is -2.17. The summed E-state index contributed by atoms with van der Waals surface area (Å²) in [6.07, 6.45) is 3.71. The second-order valence-corrected chi connectivity index (χ2v) is 8.40. The average Bonchev–Trinajstić information content (AvgIpc) is 3.21. The molecule has 0 saturated heterocycles. The molecule has 4 rings (SSSR count). The van der Waals surface area contributed by atoms with E-state index in [1.165, 1.54) is 6.20 Å². The third-order valence-corrected chi connectivity index (χ3v) is 6.10. The molecule has 0 aliphatic carbocycles. The highest BCUT2D eigenvalue weighted by molar-refractivity contribution is 5.95. The Morgan fingerprint density at radius 1 is 1.08 bits per heavy atom. The van der Waals surface area contributed by atoms with Crippen molar-refractivity contribution < 1.29 is 9.53 Å². The van der Waals surface area contributed by atoms with E-state index < -0.39 is 0 Å². The zero-order valence-electron chi connectivity index (χ0n) is 20.8. The molecule has 2 aromatic heterocycles. The van der Waals surface area contributed by atoms with E-state index >= 15 is 0 Å². The lowest BCUT2D eigenvalue weighted by Crippen LogP contribution is -2.27. The number of para-hydroxylation sites is 1. The predicted molar refractivity (Wildman–Crippen MR) is 142 cm³/mol. The fraction of sp³-hybridized carbons (Fsp3) is 0.250. The first-order chi connectivity index (χ1) is 17.5. The molecule has 2 aromatic carbocycles. The molecule has 0 unspecified atom stereocenters. The molecule has 8 heteroatoms. The summed E-state index contributed by atoms with van der Waals surface area (Å²) in [7, 11) is 0. The first-order valence-corrected chi connectivity index (χ1v) is 12.1. The van der Waals surface area contributed by atoms with Crippen LogP contribution < -0.4 is 15.4 Å². The van der Waals surface area contributed by atoms with Crippen molar-refractivity contribution in [3.8, 4) is 17.6 Å². The lowest BCUT2D eigenvalue weighted by molar-refractivity contribution is -0.116. The Hall–Kier alpha value is -4.35. The summed E-state index contributed by atoms with van der Waals surface area (Å²) in [5, 5.41) is 20.5. The Balaban J connectivity index is 1.55. The maximum absolute atomic E-state index is 12.6. The Morgan fingerprint density at radius 2 is 1.78 bits per heavy atom. The van der Waals surface area contributed by atoms with Crippen molar-refractivity contribution in [2.75, 3.05) is 30.3 Å². The van der Waals surface area contributed by atoms with Crippen LogP contribution in [0.4, 0.5) is 17.1 Å². The SMILES string of the molecule is CCN(CC)CCC(=O)Nc1cn2ncc(C#N)c(Nc3ccc(Oc4ccccc4)cc3)c2c1C. The van der Waals surface area contributed by atoms with Gasteiger partial charge in [-0.15, -0.1) is 0 Å². The quantitative estimate of drug-likeness (QED) is 0.300. The van der Waals surface area contributed by atoms with Gasteiger partial charge >= 0.3 is 0 Å². The summed E-state index contributed by atoms with van der Waals surface area (Å²) in [4.78, 5) is 14.8. The number of benzene rings is 2. The van der Waals surface area contributed by atoms with Crippen molar-refractivity contribution in [2.45, 2.75) is 27.2 Å². The fourth-order valence-electron chi connectivity index (χ4n) is 4.01. The Kier molecular flexibility index (Phi) is 7.83. The van der Waals surface area contributed by atoms with Crippen molar-refractivity contribution in [1.29, 1.82) is 5.26 Å². The number of fused-ring (bicyclic) bond motifs is 1. The summed E-state index contributed by atoms with van der Waals surface area (Å²) in [6, 6.07) is 19.3. The molecule has 0 saturated carbocycles. The van der Waals surface area contributed by atoms with Gasteiger partial charge in [-0.2, -0.15) is 10.4 Å². The number of rotatable bonds is 10. The first kappa shape index (κ1) is 24.8. The van der Waals surface area contributed by atoms with Gasteiger partial charge in [-0.25, -0.2) is 4.52 Å². The number of aromatic nitrogens is 2. The van der Waals surface area contributed by atoms with Crippen LogP contribution in [0.1, 0.15) is 31.4 Å². The summed E-state index contributed by atoms with van der Waals surface area (Å²) in [5.74, 6) is 1.42. The Labute approximate surface area is 211 Å². The third-order valence-electron chi connectivity index (χ3n) is 6.10. The van der Waals surface area contributed by atoms with Crippen LogP contribution in [0.5, 0.6) is 11.5 Å². The summed E-state index contributed by atoms with van der Waals surface area (Å²) < 4.78 is 7.56. The van der Waals surface area contributed by atoms with Crippen LogP contribution in [0.2, 0.25) is 0 Å². The van der Waals surface area contributed by atoms with Gasteiger partial charge < -0.3 is 20.3 Å². The van der Waals surface area contributed by atoms with Crippen molar-refractivity contribution in [2.24, 2.45) is 0 Å². The highest BCUT2D eigenvalue weighted by atomic mass is 16.5. The van der Waals surface area contributed by atoms with E-state index in [1.807, 2.05) is 61.5 Å². The van der Waals surface area contributed by atoms with Crippen LogP contribution in [0.3, 0.4) is 0 Å². The van der Waals surface area contributed by atoms with Crippen molar-refractivity contribution >= 4 is 28.5 Å². The van der Waals surface area contributed by atoms with Gasteiger partial charge in [0.05, 0.1) is 34.8 Å². The molecule has 0 aliphatic heterocycles. The van der Waals surface area contributed by atoms with Crippen LogP contribution >= 0.6 is 0 Å². The fourth-order valence-corrected chi connectivity index (χ4v) is 4.01. The highest BCUT2D eigenvalue weighted by Crippen LogP contribution is 2.33. The molecule has 1 amide bonds. The smallest absolute Gasteiger partial charge is 0.225 e. The van der Waals surface area contributed by atoms with Gasteiger partial charge in [0.2, 0.25) is 5.91 Å². The van der Waals surface area contributed by atoms with Gasteiger partial charge in [-0.05, 0) is 56.4 Å². The standard InChI is InChI=1S/C28H30N6O2/c1-4-33(5-2)16-15-26(35)32-25-19-34-28(20(25)3)27(21(17-29)18-30-34)31-22-11-13-24(14-12-22)36-23-9-7-6-8-10-23/h6-14,18-19,31H,4-5,15-16H2,1-3H3,(H,32,35). The molecule has 36 heavy (non-hydrogen) atoms. The number of hydrogen-bond donors (Lipinski definition) is 2. The van der Waals surface area contributed by atoms with Crippen molar-refractivity contribution in [1.82, 2.24) is 14.5 Å². The normalized spacial score (nSPS) is 10.9. The van der Waals surface area contributed by atoms with E-state index in [1.54, 1.807) is 10.7 Å². The van der Waals surface area contributed by atoms with Crippen LogP contribution in [-0.2, 0) is 4.79 Å². The van der Waals surface area contributed by atoms with E-state index in [4.69, 9.17) is 4.74 Å². The van der Waals surface area contributed by atoms with E-state index in [0.717, 1.165) is 35.6 Å². The molecule has 2 N–H and O–H groups in total. The van der Waals surface area contributed by atoms with Gasteiger partial charge in [-0.1, -0.05) is 32.0 Å². The minimum atomic E-state index is -0.0510. The first-order valence-electron chi connectivity index (χ1n) is 12.1. The number of aryl methyl sites for hydroxylation is 1. The summed E-state index contributed by atoms with van der Waals surface area (Å²) in [5.41, 5.74) is 4.08. The number of carbonyl (C=O) groups is 1. The van der Waals surface area contributed by atoms with E-state index in [-0.39, 0.29) is 5.91 Å². The number of amides is 1. The number of ether oxygens (including phenoxy) is 1. The minimum Gasteiger partial charge on any atom is -0.457 e. The molecule has 2 heterocycles. The molecular formula is C28H30N6O2. The Morgan fingerprint density at radius 3 is 2.44 bits per heavy atom. The van der Waals surface area contributed by atoms with Crippen molar-refractivity contribution in [3.63, 3.8) is 0 Å². The molecular weight excluding hydrogens is 452 g/mol. The molecule has 4 aromatic rings. The maximum atomic E-state index is 12.6. The molecule has 0 radical (unpaired) electrons. The zero-order chi connectivity index (χ0) is 25.5. The number of carbonyl (C=O) groups excluding carboxylic acids is 1. The van der Waals surface area contributed by atoms with Gasteiger partial charge in [0.1, 0.15) is 17.6 Å². The summed E-state index contributed by atoms with van der Waals surface area (Å²) >= 11 is 0. The topological polar surface area (TPSA) is 94.7 Å². The van der Waals surface area contributed by atoms with Gasteiger partial charge in [0, 0.05) is 24.2 Å². The van der Waals surface area contributed by atoms with E-state index in [0.29, 0.717) is 35.7 Å². The average molecular weight is 483 g/mol. The molecule has 0 atom stereocenters. The second-order valence-electron chi connectivity index (χ2n) is 8.40. The third kappa shape index (κ3) is 5.65. The minimum absolute atomic E-state index is 0.0510. The van der Waals surface area contributed by atoms with Crippen LogP contribution in [0.25, 0.3) is 5.52 Å². The van der Waals surface area contributed by atoms with Gasteiger partial charge in [0.25, 0.3) is 0 Å². The predicted octanol–water partition coefficient (Wildman–Crippen LogP) is 5.72. The van der Waals surface area contributed by atoms with E-state index in [9.17, 15) is 10.1 Å². The number of nitrogens with zero attached hydrogens (tertiary/aromatic N) is 4. The largest absolute Gasteiger partial charge is 0.457 e. The molecule has 184 valence electrons. The van der Waals surface area contributed by atoms with Crippen molar-refractivity contribution in [3.05, 3.63) is 78.1 Å². The monoisotopic (exact) mass is 482 g/mol. The number of anilines is 3. The lowest BCUT2D eigenvalue weighted by atomic mass is 10.1. The van der Waals surface area contributed by atoms with Crippen LogP contribution in [0, 0.1) is 18.3 Å². The zero-order valence-corrected chi connectivity index (χ0v) is 20.8. The van der Waals surface area contributed by atoms with Crippen LogP contribution in [0.15, 0.2) is 67.0 Å². The number of nitrogens with one attached hydrogen (secondary N) is 2. The van der Waals surface area contributed by atoms with E-state index in [2.05, 4.69) is 40.5 Å². The van der Waals surface area contributed by atoms with Gasteiger partial charge in [0.15, 0.2) is 0 Å². The molecule has 0 fully saturated rings. The molecule has 0 aliphatic rings. The van der Waals surface area contributed by atoms with Crippen LogP contribution in [-0.4, -0.2) is 40.1 Å². The maximum Gasteiger partial charge on any atom is 0.225 e. The number of nitriles is 1.